The highest BCUT2D eigenvalue weighted by Gasteiger charge is 2.03. The first-order chi connectivity index (χ1) is 8.83. The molecule has 0 unspecified atom stereocenters. The van der Waals surface area contributed by atoms with E-state index in [1.165, 1.54) is 5.56 Å². The number of nitrogens with zero attached hydrogens (tertiary/aromatic N) is 1. The topological polar surface area (TPSA) is 22.1 Å². The van der Waals surface area contributed by atoms with Gasteiger partial charge in [0, 0.05) is 11.6 Å². The van der Waals surface area contributed by atoms with Crippen LogP contribution in [0.5, 0.6) is 11.6 Å². The Morgan fingerprint density at radius 1 is 0.889 bits per heavy atom. The predicted molar refractivity (Wildman–Crippen MR) is 73.0 cm³/mol. The van der Waals surface area contributed by atoms with Gasteiger partial charge in [-0.2, -0.15) is 0 Å². The Balaban J connectivity index is 2.02. The van der Waals surface area contributed by atoms with E-state index in [2.05, 4.69) is 18.0 Å². The van der Waals surface area contributed by atoms with Gasteiger partial charge < -0.3 is 4.74 Å². The monoisotopic (exact) mass is 235 g/mol. The van der Waals surface area contributed by atoms with E-state index in [-0.39, 0.29) is 0 Å². The minimum Gasteiger partial charge on any atom is -0.438 e. The molecule has 3 rings (SSSR count). The van der Waals surface area contributed by atoms with Crippen molar-refractivity contribution < 1.29 is 4.74 Å². The summed E-state index contributed by atoms with van der Waals surface area (Å²) in [5.74, 6) is 1.46. The maximum atomic E-state index is 5.84. The smallest absolute Gasteiger partial charge is 0.227 e. The fraction of sp³-hybridized carbons (Fsp3) is 0.0625. The van der Waals surface area contributed by atoms with Crippen LogP contribution in [-0.4, -0.2) is 4.98 Å². The normalized spacial score (nSPS) is 10.5. The van der Waals surface area contributed by atoms with Crippen LogP contribution in [0.3, 0.4) is 0 Å². The lowest BCUT2D eigenvalue weighted by Crippen LogP contribution is -1.89. The Bertz CT molecular complexity index is 669. The van der Waals surface area contributed by atoms with Crippen LogP contribution < -0.4 is 4.74 Å². The fourth-order valence-electron chi connectivity index (χ4n) is 1.89. The lowest BCUT2D eigenvalue weighted by molar-refractivity contribution is 0.469. The number of hydrogen-bond acceptors (Lipinski definition) is 2. The molecule has 0 aliphatic carbocycles. The zero-order chi connectivity index (χ0) is 12.4. The third kappa shape index (κ3) is 2.05. The van der Waals surface area contributed by atoms with E-state index in [4.69, 9.17) is 4.74 Å². The van der Waals surface area contributed by atoms with Gasteiger partial charge in [0.05, 0.1) is 0 Å². The molecular weight excluding hydrogens is 222 g/mol. The molecule has 0 amide bonds. The Kier molecular flexibility index (Phi) is 2.69. The summed E-state index contributed by atoms with van der Waals surface area (Å²) >= 11 is 0. The molecule has 88 valence electrons. The van der Waals surface area contributed by atoms with Crippen molar-refractivity contribution in [3.05, 3.63) is 66.4 Å². The summed E-state index contributed by atoms with van der Waals surface area (Å²) in [6.45, 7) is 2.06. The molecule has 0 spiro atoms. The molecular formula is C16H13NO. The highest BCUT2D eigenvalue weighted by Crippen LogP contribution is 2.27. The number of aromatic nitrogens is 1. The second kappa shape index (κ2) is 4.49. The van der Waals surface area contributed by atoms with Crippen molar-refractivity contribution in [2.45, 2.75) is 6.92 Å². The summed E-state index contributed by atoms with van der Waals surface area (Å²) in [7, 11) is 0. The summed E-state index contributed by atoms with van der Waals surface area (Å²) in [5.41, 5.74) is 1.22. The van der Waals surface area contributed by atoms with Gasteiger partial charge in [-0.1, -0.05) is 35.9 Å². The minimum atomic E-state index is 0.650. The molecule has 2 aromatic carbocycles. The summed E-state index contributed by atoms with van der Waals surface area (Å²) in [6.07, 6.45) is 1.77. The molecule has 1 heterocycles. The van der Waals surface area contributed by atoms with E-state index in [1.54, 1.807) is 6.20 Å². The number of aryl methyl sites for hydroxylation is 1. The van der Waals surface area contributed by atoms with E-state index in [1.807, 2.05) is 48.5 Å². The maximum Gasteiger partial charge on any atom is 0.227 e. The second-order valence-electron chi connectivity index (χ2n) is 4.25. The summed E-state index contributed by atoms with van der Waals surface area (Å²) in [5, 5.41) is 2.16. The average Bonchev–Trinajstić information content (AvgIpc) is 2.42. The van der Waals surface area contributed by atoms with Crippen LogP contribution in [0.4, 0.5) is 0 Å². The first-order valence-electron chi connectivity index (χ1n) is 5.91. The SMILES string of the molecule is Cc1ccc(Oc2nccc3ccccc23)cc1. The Hall–Kier alpha value is -2.35. The van der Waals surface area contributed by atoms with Crippen molar-refractivity contribution in [1.82, 2.24) is 4.98 Å². The van der Waals surface area contributed by atoms with Gasteiger partial charge in [0.1, 0.15) is 5.75 Å². The molecule has 0 N–H and O–H groups in total. The van der Waals surface area contributed by atoms with Gasteiger partial charge in [-0.3, -0.25) is 0 Å². The predicted octanol–water partition coefficient (Wildman–Crippen LogP) is 4.34. The molecule has 1 aromatic heterocycles. The molecule has 2 nitrogen and oxygen atoms in total. The van der Waals surface area contributed by atoms with E-state index in [9.17, 15) is 0 Å². The Labute approximate surface area is 106 Å². The Morgan fingerprint density at radius 3 is 2.50 bits per heavy atom. The van der Waals surface area contributed by atoms with E-state index >= 15 is 0 Å². The quantitative estimate of drug-likeness (QED) is 0.659. The van der Waals surface area contributed by atoms with Crippen molar-refractivity contribution in [3.63, 3.8) is 0 Å². The van der Waals surface area contributed by atoms with E-state index in [0.717, 1.165) is 16.5 Å². The first kappa shape index (κ1) is 10.8. The van der Waals surface area contributed by atoms with Gasteiger partial charge in [-0.15, -0.1) is 0 Å². The van der Waals surface area contributed by atoms with Crippen molar-refractivity contribution in [3.8, 4) is 11.6 Å². The number of fused-ring (bicyclic) bond motifs is 1. The lowest BCUT2D eigenvalue weighted by atomic mass is 10.2. The van der Waals surface area contributed by atoms with E-state index in [0.29, 0.717) is 5.88 Å². The van der Waals surface area contributed by atoms with Crippen LogP contribution in [-0.2, 0) is 0 Å². The molecule has 18 heavy (non-hydrogen) atoms. The largest absolute Gasteiger partial charge is 0.438 e. The molecule has 0 bridgehead atoms. The third-order valence-electron chi connectivity index (χ3n) is 2.87. The molecule has 0 saturated heterocycles. The van der Waals surface area contributed by atoms with Gasteiger partial charge in [-0.05, 0) is 36.6 Å². The Morgan fingerprint density at radius 2 is 1.67 bits per heavy atom. The summed E-state index contributed by atoms with van der Waals surface area (Å²) in [4.78, 5) is 4.30. The highest BCUT2D eigenvalue weighted by molar-refractivity contribution is 5.86. The minimum absolute atomic E-state index is 0.650. The van der Waals surface area contributed by atoms with Crippen LogP contribution in [0.2, 0.25) is 0 Å². The molecule has 0 saturated carbocycles. The van der Waals surface area contributed by atoms with Gasteiger partial charge in [0.2, 0.25) is 5.88 Å². The summed E-state index contributed by atoms with van der Waals surface area (Å²) < 4.78 is 5.84. The van der Waals surface area contributed by atoms with Crippen molar-refractivity contribution in [2.75, 3.05) is 0 Å². The summed E-state index contributed by atoms with van der Waals surface area (Å²) in [6, 6.07) is 18.0. The van der Waals surface area contributed by atoms with Crippen LogP contribution in [0.15, 0.2) is 60.8 Å². The molecule has 0 aliphatic heterocycles. The van der Waals surface area contributed by atoms with Crippen molar-refractivity contribution in [2.24, 2.45) is 0 Å². The first-order valence-corrected chi connectivity index (χ1v) is 5.91. The molecule has 3 aromatic rings. The van der Waals surface area contributed by atoms with Gasteiger partial charge >= 0.3 is 0 Å². The van der Waals surface area contributed by atoms with Gasteiger partial charge in [-0.25, -0.2) is 4.98 Å². The number of ether oxygens (including phenoxy) is 1. The average molecular weight is 235 g/mol. The number of hydrogen-bond donors (Lipinski definition) is 0. The fourth-order valence-corrected chi connectivity index (χ4v) is 1.89. The van der Waals surface area contributed by atoms with E-state index < -0.39 is 0 Å². The van der Waals surface area contributed by atoms with Crippen molar-refractivity contribution in [1.29, 1.82) is 0 Å². The zero-order valence-corrected chi connectivity index (χ0v) is 10.1. The van der Waals surface area contributed by atoms with Crippen LogP contribution >= 0.6 is 0 Å². The maximum absolute atomic E-state index is 5.84. The molecule has 0 atom stereocenters. The lowest BCUT2D eigenvalue weighted by Gasteiger charge is -2.07. The molecule has 0 aliphatic rings. The van der Waals surface area contributed by atoms with Gasteiger partial charge in [0.25, 0.3) is 0 Å². The van der Waals surface area contributed by atoms with Crippen LogP contribution in [0, 0.1) is 6.92 Å². The molecule has 0 radical (unpaired) electrons. The third-order valence-corrected chi connectivity index (χ3v) is 2.87. The standard InChI is InChI=1S/C16H13NO/c1-12-6-8-14(9-7-12)18-16-15-5-3-2-4-13(15)10-11-17-16/h2-11H,1H3. The number of rotatable bonds is 2. The van der Waals surface area contributed by atoms with Gasteiger partial charge in [0.15, 0.2) is 0 Å². The van der Waals surface area contributed by atoms with Crippen LogP contribution in [0.25, 0.3) is 10.8 Å². The molecule has 0 fully saturated rings. The zero-order valence-electron chi connectivity index (χ0n) is 10.1. The molecule has 2 heteroatoms. The van der Waals surface area contributed by atoms with Crippen molar-refractivity contribution >= 4 is 10.8 Å². The highest BCUT2D eigenvalue weighted by atomic mass is 16.5. The number of pyridine rings is 1. The second-order valence-corrected chi connectivity index (χ2v) is 4.25. The van der Waals surface area contributed by atoms with Crippen LogP contribution in [0.1, 0.15) is 5.56 Å². The number of benzene rings is 2.